The predicted molar refractivity (Wildman–Crippen MR) is 117 cm³/mol. The van der Waals surface area contributed by atoms with Gasteiger partial charge in [-0.1, -0.05) is 20.8 Å². The zero-order valence-electron chi connectivity index (χ0n) is 17.8. The fraction of sp³-hybridized carbons (Fsp3) is 0.545. The summed E-state index contributed by atoms with van der Waals surface area (Å²) in [6, 6.07) is 2.51. The Morgan fingerprint density at radius 2 is 2.10 bits per heavy atom. The van der Waals surface area contributed by atoms with Gasteiger partial charge < -0.3 is 14.6 Å². The molecule has 1 aliphatic heterocycles. The molecule has 5 rings (SSSR count). The van der Waals surface area contributed by atoms with E-state index in [1.165, 1.54) is 0 Å². The van der Waals surface area contributed by atoms with Crippen molar-refractivity contribution >= 4 is 28.3 Å². The van der Waals surface area contributed by atoms with E-state index in [-0.39, 0.29) is 23.3 Å². The Bertz CT molecular complexity index is 1110. The van der Waals surface area contributed by atoms with E-state index in [1.807, 2.05) is 25.5 Å². The summed E-state index contributed by atoms with van der Waals surface area (Å²) >= 11 is 1.66. The van der Waals surface area contributed by atoms with E-state index in [1.54, 1.807) is 11.3 Å². The molecule has 0 spiro atoms. The van der Waals surface area contributed by atoms with Gasteiger partial charge in [-0.05, 0) is 25.8 Å². The third-order valence-electron chi connectivity index (χ3n) is 5.83. The minimum atomic E-state index is -0.121. The topological polar surface area (TPSA) is 81.9 Å². The number of aromatic nitrogens is 4. The van der Waals surface area contributed by atoms with Gasteiger partial charge in [-0.2, -0.15) is 0 Å². The van der Waals surface area contributed by atoms with Crippen molar-refractivity contribution in [2.75, 3.05) is 6.54 Å². The molecule has 0 bridgehead atoms. The second-order valence-corrected chi connectivity index (χ2v) is 10.5. The molecule has 0 radical (unpaired) electrons. The SMILES string of the molecule is C[C@@H](Oc1nc(-c2cnc(C(C)(C)C)s2)cc2ncn(C3CC3)c12)C1CNC(=O)C1. The molecular formula is C22H27N5O2S. The van der Waals surface area contributed by atoms with E-state index in [4.69, 9.17) is 9.72 Å². The molecule has 1 amide bonds. The molecule has 1 aliphatic carbocycles. The highest BCUT2D eigenvalue weighted by molar-refractivity contribution is 7.15. The average molecular weight is 426 g/mol. The van der Waals surface area contributed by atoms with Gasteiger partial charge in [0.1, 0.15) is 11.6 Å². The second-order valence-electron chi connectivity index (χ2n) is 9.43. The zero-order valence-corrected chi connectivity index (χ0v) is 18.6. The van der Waals surface area contributed by atoms with Gasteiger partial charge in [-0.25, -0.2) is 15.0 Å². The summed E-state index contributed by atoms with van der Waals surface area (Å²) in [6.45, 7) is 9.16. The first kappa shape index (κ1) is 19.5. The Balaban J connectivity index is 1.55. The quantitative estimate of drug-likeness (QED) is 0.666. The van der Waals surface area contributed by atoms with Gasteiger partial charge >= 0.3 is 0 Å². The van der Waals surface area contributed by atoms with Crippen LogP contribution >= 0.6 is 11.3 Å². The van der Waals surface area contributed by atoms with Gasteiger partial charge in [0.05, 0.1) is 27.4 Å². The van der Waals surface area contributed by atoms with Crippen LogP contribution in [0.25, 0.3) is 21.6 Å². The van der Waals surface area contributed by atoms with Crippen LogP contribution in [0.15, 0.2) is 18.6 Å². The highest BCUT2D eigenvalue weighted by Crippen LogP contribution is 2.41. The smallest absolute Gasteiger partial charge is 0.241 e. The molecule has 1 saturated heterocycles. The Hall–Kier alpha value is -2.48. The Kier molecular flexibility index (Phi) is 4.57. The van der Waals surface area contributed by atoms with E-state index < -0.39 is 0 Å². The third kappa shape index (κ3) is 3.57. The second kappa shape index (κ2) is 7.04. The number of thiazole rings is 1. The fourth-order valence-electron chi connectivity index (χ4n) is 3.83. The predicted octanol–water partition coefficient (Wildman–Crippen LogP) is 4.09. The number of nitrogens with zero attached hydrogens (tertiary/aromatic N) is 4. The molecule has 1 unspecified atom stereocenters. The van der Waals surface area contributed by atoms with Crippen LogP contribution < -0.4 is 10.1 Å². The van der Waals surface area contributed by atoms with E-state index in [0.29, 0.717) is 24.9 Å². The molecule has 2 aliphatic rings. The van der Waals surface area contributed by atoms with Gasteiger partial charge in [-0.3, -0.25) is 4.79 Å². The molecule has 4 heterocycles. The summed E-state index contributed by atoms with van der Waals surface area (Å²) in [5.74, 6) is 0.834. The molecule has 3 aromatic heterocycles. The lowest BCUT2D eigenvalue weighted by atomic mass is 9.98. The molecule has 1 saturated carbocycles. The number of rotatable bonds is 5. The van der Waals surface area contributed by atoms with Crippen molar-refractivity contribution in [3.63, 3.8) is 0 Å². The van der Waals surface area contributed by atoms with Crippen molar-refractivity contribution in [1.29, 1.82) is 0 Å². The van der Waals surface area contributed by atoms with E-state index in [9.17, 15) is 4.79 Å². The number of pyridine rings is 1. The third-order valence-corrected chi connectivity index (χ3v) is 7.28. The first-order chi connectivity index (χ1) is 14.3. The maximum absolute atomic E-state index is 11.7. The molecule has 30 heavy (non-hydrogen) atoms. The molecule has 8 heteroatoms. The van der Waals surface area contributed by atoms with E-state index in [2.05, 4.69) is 40.6 Å². The number of imidazole rings is 1. The van der Waals surface area contributed by atoms with Gasteiger partial charge in [0, 0.05) is 36.5 Å². The van der Waals surface area contributed by atoms with Crippen molar-refractivity contribution < 1.29 is 9.53 Å². The van der Waals surface area contributed by atoms with Crippen LogP contribution in [0.2, 0.25) is 0 Å². The minimum absolute atomic E-state index is 0.00355. The fourth-order valence-corrected chi connectivity index (χ4v) is 4.77. The van der Waals surface area contributed by atoms with Crippen LogP contribution in [0.4, 0.5) is 0 Å². The lowest BCUT2D eigenvalue weighted by Gasteiger charge is -2.20. The van der Waals surface area contributed by atoms with Crippen LogP contribution in [0.1, 0.15) is 58.0 Å². The largest absolute Gasteiger partial charge is 0.473 e. The number of carbonyl (C=O) groups excluding carboxylic acids is 1. The maximum atomic E-state index is 11.7. The molecule has 2 atom stereocenters. The molecule has 1 N–H and O–H groups in total. The lowest BCUT2D eigenvalue weighted by molar-refractivity contribution is -0.119. The van der Waals surface area contributed by atoms with E-state index >= 15 is 0 Å². The molecule has 0 aromatic carbocycles. The number of hydrogen-bond donors (Lipinski definition) is 1. The highest BCUT2D eigenvalue weighted by Gasteiger charge is 2.31. The van der Waals surface area contributed by atoms with Crippen LogP contribution in [-0.4, -0.2) is 38.1 Å². The summed E-state index contributed by atoms with van der Waals surface area (Å²) in [6.07, 6.45) is 6.49. The highest BCUT2D eigenvalue weighted by atomic mass is 32.1. The van der Waals surface area contributed by atoms with Gasteiger partial charge in [0.15, 0.2) is 0 Å². The van der Waals surface area contributed by atoms with Gasteiger partial charge in [0.25, 0.3) is 0 Å². The van der Waals surface area contributed by atoms with Crippen molar-refractivity contribution in [1.82, 2.24) is 24.8 Å². The van der Waals surface area contributed by atoms with Crippen molar-refractivity contribution in [2.24, 2.45) is 5.92 Å². The first-order valence-electron chi connectivity index (χ1n) is 10.6. The number of carbonyl (C=O) groups is 1. The molecule has 3 aromatic rings. The van der Waals surface area contributed by atoms with Crippen molar-refractivity contribution in [2.45, 2.75) is 64.5 Å². The summed E-state index contributed by atoms with van der Waals surface area (Å²) in [5.41, 5.74) is 2.67. The number of ether oxygens (including phenoxy) is 1. The first-order valence-corrected chi connectivity index (χ1v) is 11.4. The summed E-state index contributed by atoms with van der Waals surface area (Å²) in [7, 11) is 0. The van der Waals surface area contributed by atoms with Crippen LogP contribution in [-0.2, 0) is 10.2 Å². The number of hydrogen-bond acceptors (Lipinski definition) is 6. The molecule has 158 valence electrons. The van der Waals surface area contributed by atoms with Crippen molar-refractivity contribution in [3.8, 4) is 16.5 Å². The summed E-state index contributed by atoms with van der Waals surface area (Å²) < 4.78 is 8.59. The Morgan fingerprint density at radius 3 is 2.73 bits per heavy atom. The number of nitrogens with one attached hydrogen (secondary N) is 1. The summed E-state index contributed by atoms with van der Waals surface area (Å²) in [5, 5.41) is 3.98. The number of amides is 1. The van der Waals surface area contributed by atoms with E-state index in [0.717, 1.165) is 39.5 Å². The average Bonchev–Trinajstić information content (AvgIpc) is 3.10. The standard InChI is InChI=1S/C22H27N5O2S/c1-12(13-7-18(28)23-9-13)29-20-19-16(25-11-27(19)14-5-6-14)8-15(26-20)17-10-24-21(30-17)22(2,3)4/h8,10-14H,5-7,9H2,1-4H3,(H,23,28)/t12-,13?/m1/s1. The Labute approximate surface area is 179 Å². The van der Waals surface area contributed by atoms with Crippen LogP contribution in [0.5, 0.6) is 5.88 Å². The lowest BCUT2D eigenvalue weighted by Crippen LogP contribution is -2.26. The van der Waals surface area contributed by atoms with Gasteiger partial charge in [-0.15, -0.1) is 11.3 Å². The zero-order chi connectivity index (χ0) is 21.0. The van der Waals surface area contributed by atoms with Crippen molar-refractivity contribution in [3.05, 3.63) is 23.6 Å². The van der Waals surface area contributed by atoms with Crippen LogP contribution in [0, 0.1) is 5.92 Å². The molecule has 2 fully saturated rings. The summed E-state index contributed by atoms with van der Waals surface area (Å²) in [4.78, 5) is 26.9. The monoisotopic (exact) mass is 425 g/mol. The molecular weight excluding hydrogens is 398 g/mol. The van der Waals surface area contributed by atoms with Crippen LogP contribution in [0.3, 0.4) is 0 Å². The minimum Gasteiger partial charge on any atom is -0.473 e. The normalized spacial score (nSPS) is 20.5. The molecule has 7 nitrogen and oxygen atoms in total. The number of fused-ring (bicyclic) bond motifs is 1. The van der Waals surface area contributed by atoms with Gasteiger partial charge in [0.2, 0.25) is 11.8 Å². The Morgan fingerprint density at radius 1 is 1.30 bits per heavy atom. The maximum Gasteiger partial charge on any atom is 0.241 e.